The lowest BCUT2D eigenvalue weighted by Crippen LogP contribution is -2.14. The van der Waals surface area contributed by atoms with Gasteiger partial charge in [-0.05, 0) is 56.3 Å². The van der Waals surface area contributed by atoms with Gasteiger partial charge in [0.25, 0.3) is 10.0 Å². The molecule has 0 fully saturated rings. The van der Waals surface area contributed by atoms with Gasteiger partial charge in [-0.3, -0.25) is 4.72 Å². The number of rotatable bonds is 5. The van der Waals surface area contributed by atoms with Crippen molar-refractivity contribution in [1.29, 1.82) is 5.26 Å². The number of ether oxygens (including phenoxy) is 1. The third kappa shape index (κ3) is 3.64. The molecule has 0 spiro atoms. The van der Waals surface area contributed by atoms with E-state index in [0.717, 1.165) is 11.3 Å². The summed E-state index contributed by atoms with van der Waals surface area (Å²) in [7, 11) is -2.53. The monoisotopic (exact) mass is 383 g/mol. The standard InChI is InChI=1S/C19H17N3O4S/c1-12-13(2)21-26-19(12)15-6-9-17(25-3)18(10-15)27(23,24)22-16-7-4-14(11-20)5-8-16/h4-10,22H,1-3H3. The average Bonchev–Trinajstić information content (AvgIpc) is 3.00. The van der Waals surface area contributed by atoms with Crippen LogP contribution in [0.15, 0.2) is 51.9 Å². The first-order valence-corrected chi connectivity index (χ1v) is 9.48. The maximum absolute atomic E-state index is 12.9. The molecule has 138 valence electrons. The van der Waals surface area contributed by atoms with Crippen molar-refractivity contribution in [2.24, 2.45) is 0 Å². The van der Waals surface area contributed by atoms with Crippen LogP contribution in [0.2, 0.25) is 0 Å². The van der Waals surface area contributed by atoms with Gasteiger partial charge in [0.05, 0.1) is 24.4 Å². The van der Waals surface area contributed by atoms with Crippen molar-refractivity contribution < 1.29 is 17.7 Å². The fourth-order valence-corrected chi connectivity index (χ4v) is 3.79. The summed E-state index contributed by atoms with van der Waals surface area (Å²) in [6.07, 6.45) is 0. The number of sulfonamides is 1. The molecule has 7 nitrogen and oxygen atoms in total. The van der Waals surface area contributed by atoms with E-state index >= 15 is 0 Å². The topological polar surface area (TPSA) is 105 Å². The Kier molecular flexibility index (Phi) is 4.88. The summed E-state index contributed by atoms with van der Waals surface area (Å²) in [5.74, 6) is 0.707. The Morgan fingerprint density at radius 3 is 2.41 bits per heavy atom. The lowest BCUT2D eigenvalue weighted by molar-refractivity contribution is 0.402. The van der Waals surface area contributed by atoms with E-state index in [2.05, 4.69) is 9.88 Å². The Hall–Kier alpha value is -3.31. The van der Waals surface area contributed by atoms with Gasteiger partial charge in [0, 0.05) is 16.8 Å². The number of hydrogen-bond acceptors (Lipinski definition) is 6. The number of aromatic nitrogens is 1. The minimum absolute atomic E-state index is 0.0275. The van der Waals surface area contributed by atoms with Crippen molar-refractivity contribution in [3.63, 3.8) is 0 Å². The van der Waals surface area contributed by atoms with Crippen molar-refractivity contribution in [3.8, 4) is 23.1 Å². The number of nitriles is 1. The summed E-state index contributed by atoms with van der Waals surface area (Å²) in [6, 6.07) is 12.9. The third-order valence-corrected chi connectivity index (χ3v) is 5.54. The summed E-state index contributed by atoms with van der Waals surface area (Å²) in [5.41, 5.74) is 2.93. The zero-order valence-corrected chi connectivity index (χ0v) is 15.8. The van der Waals surface area contributed by atoms with Crippen molar-refractivity contribution in [1.82, 2.24) is 5.16 Å². The van der Waals surface area contributed by atoms with Crippen LogP contribution in [-0.4, -0.2) is 20.7 Å². The summed E-state index contributed by atoms with van der Waals surface area (Å²) >= 11 is 0. The molecule has 0 amide bonds. The molecular weight excluding hydrogens is 366 g/mol. The van der Waals surface area contributed by atoms with Gasteiger partial charge in [-0.1, -0.05) is 5.16 Å². The molecule has 0 bridgehead atoms. The Labute approximate surface area is 157 Å². The number of aryl methyl sites for hydroxylation is 1. The first-order valence-electron chi connectivity index (χ1n) is 8.00. The SMILES string of the molecule is COc1ccc(-c2onc(C)c2C)cc1S(=O)(=O)Nc1ccc(C#N)cc1. The van der Waals surface area contributed by atoms with Gasteiger partial charge in [-0.15, -0.1) is 0 Å². The first kappa shape index (κ1) is 18.5. The first-order chi connectivity index (χ1) is 12.9. The zero-order valence-electron chi connectivity index (χ0n) is 15.0. The second kappa shape index (κ2) is 7.13. The normalized spacial score (nSPS) is 11.0. The highest BCUT2D eigenvalue weighted by Gasteiger charge is 2.22. The summed E-state index contributed by atoms with van der Waals surface area (Å²) in [5, 5.41) is 12.8. The highest BCUT2D eigenvalue weighted by molar-refractivity contribution is 7.92. The summed E-state index contributed by atoms with van der Waals surface area (Å²) in [4.78, 5) is -0.0275. The van der Waals surface area contributed by atoms with Crippen molar-refractivity contribution in [2.45, 2.75) is 18.7 Å². The summed E-state index contributed by atoms with van der Waals surface area (Å²) < 4.78 is 38.9. The van der Waals surface area contributed by atoms with Crippen molar-refractivity contribution >= 4 is 15.7 Å². The van der Waals surface area contributed by atoms with Gasteiger partial charge in [-0.25, -0.2) is 8.42 Å². The molecule has 0 radical (unpaired) electrons. The highest BCUT2D eigenvalue weighted by Crippen LogP contribution is 2.33. The fraction of sp³-hybridized carbons (Fsp3) is 0.158. The van der Waals surface area contributed by atoms with E-state index < -0.39 is 10.0 Å². The Morgan fingerprint density at radius 2 is 1.85 bits per heavy atom. The molecular formula is C19H17N3O4S. The Balaban J connectivity index is 2.03. The number of nitrogens with zero attached hydrogens (tertiary/aromatic N) is 2. The van der Waals surface area contributed by atoms with Crippen molar-refractivity contribution in [3.05, 3.63) is 59.3 Å². The molecule has 0 unspecified atom stereocenters. The van der Waals surface area contributed by atoms with E-state index in [1.54, 1.807) is 12.1 Å². The molecule has 1 heterocycles. The largest absolute Gasteiger partial charge is 0.495 e. The van der Waals surface area contributed by atoms with Gasteiger partial charge >= 0.3 is 0 Å². The van der Waals surface area contributed by atoms with Crippen LogP contribution in [0.5, 0.6) is 5.75 Å². The average molecular weight is 383 g/mol. The van der Waals surface area contributed by atoms with Crippen LogP contribution < -0.4 is 9.46 Å². The van der Waals surface area contributed by atoms with Crippen LogP contribution in [0.1, 0.15) is 16.8 Å². The smallest absolute Gasteiger partial charge is 0.265 e. The fourth-order valence-electron chi connectivity index (χ4n) is 2.54. The second-order valence-electron chi connectivity index (χ2n) is 5.88. The Morgan fingerprint density at radius 1 is 1.15 bits per heavy atom. The predicted molar refractivity (Wildman–Crippen MR) is 99.9 cm³/mol. The van der Waals surface area contributed by atoms with Gasteiger partial charge in [0.2, 0.25) is 0 Å². The maximum Gasteiger partial charge on any atom is 0.265 e. The zero-order chi connectivity index (χ0) is 19.6. The quantitative estimate of drug-likeness (QED) is 0.721. The molecule has 0 atom stereocenters. The van der Waals surface area contributed by atoms with E-state index in [1.165, 1.54) is 37.4 Å². The van der Waals surface area contributed by atoms with Gasteiger partial charge in [0.15, 0.2) is 5.76 Å². The van der Waals surface area contributed by atoms with E-state index in [9.17, 15) is 8.42 Å². The number of benzene rings is 2. The van der Waals surface area contributed by atoms with Gasteiger partial charge in [0.1, 0.15) is 10.6 Å². The molecule has 3 rings (SSSR count). The molecule has 2 aromatic carbocycles. The van der Waals surface area contributed by atoms with Gasteiger partial charge in [-0.2, -0.15) is 5.26 Å². The predicted octanol–water partition coefficient (Wildman–Crippen LogP) is 3.64. The van der Waals surface area contributed by atoms with Crippen LogP contribution in [-0.2, 0) is 10.0 Å². The molecule has 1 aromatic heterocycles. The molecule has 0 aliphatic carbocycles. The lowest BCUT2D eigenvalue weighted by Gasteiger charge is -2.13. The minimum atomic E-state index is -3.93. The Bertz CT molecular complexity index is 1130. The molecule has 0 aliphatic rings. The number of anilines is 1. The van der Waals surface area contributed by atoms with Crippen LogP contribution >= 0.6 is 0 Å². The maximum atomic E-state index is 12.9. The minimum Gasteiger partial charge on any atom is -0.495 e. The van der Waals surface area contributed by atoms with Crippen molar-refractivity contribution in [2.75, 3.05) is 11.8 Å². The van der Waals surface area contributed by atoms with Crippen LogP contribution in [0.4, 0.5) is 5.69 Å². The highest BCUT2D eigenvalue weighted by atomic mass is 32.2. The molecule has 1 N–H and O–H groups in total. The number of hydrogen-bond donors (Lipinski definition) is 1. The molecule has 27 heavy (non-hydrogen) atoms. The van der Waals surface area contributed by atoms with Crippen LogP contribution in [0.3, 0.4) is 0 Å². The number of methoxy groups -OCH3 is 1. The molecule has 3 aromatic rings. The molecule has 0 saturated carbocycles. The van der Waals surface area contributed by atoms with Crippen LogP contribution in [0, 0.1) is 25.2 Å². The molecule has 0 aliphatic heterocycles. The van der Waals surface area contributed by atoms with E-state index in [4.69, 9.17) is 14.5 Å². The third-order valence-electron chi connectivity index (χ3n) is 4.14. The second-order valence-corrected chi connectivity index (χ2v) is 7.53. The number of nitrogens with one attached hydrogen (secondary N) is 1. The summed E-state index contributed by atoms with van der Waals surface area (Å²) in [6.45, 7) is 3.67. The lowest BCUT2D eigenvalue weighted by atomic mass is 10.1. The molecule has 8 heteroatoms. The molecule has 0 saturated heterocycles. The van der Waals surface area contributed by atoms with E-state index in [-0.39, 0.29) is 10.6 Å². The van der Waals surface area contributed by atoms with E-state index in [0.29, 0.717) is 22.6 Å². The van der Waals surface area contributed by atoms with Crippen LogP contribution in [0.25, 0.3) is 11.3 Å². The van der Waals surface area contributed by atoms with Gasteiger partial charge < -0.3 is 9.26 Å². The van der Waals surface area contributed by atoms with E-state index in [1.807, 2.05) is 19.9 Å².